The van der Waals surface area contributed by atoms with E-state index in [0.29, 0.717) is 12.4 Å². The summed E-state index contributed by atoms with van der Waals surface area (Å²) in [5, 5.41) is 4.38. The molecule has 1 aromatic heterocycles. The summed E-state index contributed by atoms with van der Waals surface area (Å²) in [5.41, 5.74) is 3.51. The van der Waals surface area contributed by atoms with Crippen LogP contribution in [-0.4, -0.2) is 16.4 Å². The Morgan fingerprint density at radius 1 is 1.26 bits per heavy atom. The van der Waals surface area contributed by atoms with Crippen LogP contribution in [-0.2, 0) is 13.5 Å². The Kier molecular flexibility index (Phi) is 4.20. The molecule has 2 aromatic rings. The van der Waals surface area contributed by atoms with E-state index in [-0.39, 0.29) is 5.82 Å². The van der Waals surface area contributed by atoms with Gasteiger partial charge in [-0.25, -0.2) is 4.39 Å². The Morgan fingerprint density at radius 2 is 2.00 bits per heavy atom. The first kappa shape index (κ1) is 13.6. The Bertz CT molecular complexity index is 563. The number of hydrogen-bond donors (Lipinski definition) is 0. The molecule has 0 fully saturated rings. The van der Waals surface area contributed by atoms with Gasteiger partial charge in [-0.05, 0) is 44.4 Å². The van der Waals surface area contributed by atoms with E-state index in [9.17, 15) is 4.39 Å². The lowest BCUT2D eigenvalue weighted by Gasteiger charge is -2.07. The highest BCUT2D eigenvalue weighted by Crippen LogP contribution is 2.17. The summed E-state index contributed by atoms with van der Waals surface area (Å²) >= 11 is 0. The van der Waals surface area contributed by atoms with Crippen LogP contribution in [0.15, 0.2) is 24.3 Å². The number of halogens is 1. The van der Waals surface area contributed by atoms with Gasteiger partial charge in [0, 0.05) is 12.7 Å². The molecule has 4 heteroatoms. The van der Waals surface area contributed by atoms with Gasteiger partial charge in [-0.3, -0.25) is 4.68 Å². The third-order valence-electron chi connectivity index (χ3n) is 3.32. The van der Waals surface area contributed by atoms with Crippen molar-refractivity contribution in [3.63, 3.8) is 0 Å². The quantitative estimate of drug-likeness (QED) is 0.774. The van der Waals surface area contributed by atoms with Crippen LogP contribution in [0.2, 0.25) is 0 Å². The SMILES string of the molecule is Cc1nn(C)c(C)c1CCCOc1ccccc1F. The maximum Gasteiger partial charge on any atom is 0.165 e. The number of rotatable bonds is 5. The molecule has 0 saturated carbocycles. The molecule has 0 aliphatic rings. The minimum absolute atomic E-state index is 0.309. The molecule has 0 amide bonds. The molecule has 0 N–H and O–H groups in total. The standard InChI is InChI=1S/C15H19FN2O/c1-11-13(12(2)18(3)17-11)7-6-10-19-15-9-5-4-8-14(15)16/h4-5,8-9H,6-7,10H2,1-3H3. The fraction of sp³-hybridized carbons (Fsp3) is 0.400. The molecule has 0 aliphatic carbocycles. The van der Waals surface area contributed by atoms with Gasteiger partial charge in [0.2, 0.25) is 0 Å². The Hall–Kier alpha value is -1.84. The number of benzene rings is 1. The summed E-state index contributed by atoms with van der Waals surface area (Å²) in [6, 6.07) is 6.49. The summed E-state index contributed by atoms with van der Waals surface area (Å²) in [4.78, 5) is 0. The zero-order chi connectivity index (χ0) is 13.8. The molecular weight excluding hydrogens is 243 g/mol. The van der Waals surface area contributed by atoms with Gasteiger partial charge in [0.15, 0.2) is 11.6 Å². The first-order chi connectivity index (χ1) is 9.09. The lowest BCUT2D eigenvalue weighted by molar-refractivity contribution is 0.295. The maximum absolute atomic E-state index is 13.3. The highest BCUT2D eigenvalue weighted by Gasteiger charge is 2.09. The Labute approximate surface area is 113 Å². The molecule has 1 heterocycles. The molecule has 19 heavy (non-hydrogen) atoms. The third-order valence-corrected chi connectivity index (χ3v) is 3.32. The summed E-state index contributed by atoms with van der Waals surface area (Å²) in [7, 11) is 1.95. The number of nitrogens with zero attached hydrogens (tertiary/aromatic N) is 2. The van der Waals surface area contributed by atoms with Gasteiger partial charge in [0.25, 0.3) is 0 Å². The molecule has 0 aliphatic heterocycles. The summed E-state index contributed by atoms with van der Waals surface area (Å²) < 4.78 is 20.7. The fourth-order valence-corrected chi connectivity index (χ4v) is 2.17. The topological polar surface area (TPSA) is 27.1 Å². The van der Waals surface area contributed by atoms with Gasteiger partial charge in [-0.2, -0.15) is 5.10 Å². The summed E-state index contributed by atoms with van der Waals surface area (Å²) in [6.45, 7) is 4.59. The van der Waals surface area contributed by atoms with E-state index in [2.05, 4.69) is 12.0 Å². The van der Waals surface area contributed by atoms with Crippen molar-refractivity contribution < 1.29 is 9.13 Å². The van der Waals surface area contributed by atoms with E-state index in [4.69, 9.17) is 4.74 Å². The first-order valence-corrected chi connectivity index (χ1v) is 6.46. The number of aryl methyl sites for hydroxylation is 2. The van der Waals surface area contributed by atoms with Gasteiger partial charge >= 0.3 is 0 Å². The number of para-hydroxylation sites is 1. The van der Waals surface area contributed by atoms with Crippen molar-refractivity contribution in [3.8, 4) is 5.75 Å². The minimum Gasteiger partial charge on any atom is -0.491 e. The molecule has 0 bridgehead atoms. The highest BCUT2D eigenvalue weighted by molar-refractivity contribution is 5.25. The predicted octanol–water partition coefficient (Wildman–Crippen LogP) is 3.19. The average Bonchev–Trinajstić information content (AvgIpc) is 2.62. The first-order valence-electron chi connectivity index (χ1n) is 6.46. The van der Waals surface area contributed by atoms with E-state index in [1.807, 2.05) is 18.7 Å². The van der Waals surface area contributed by atoms with Crippen molar-refractivity contribution in [1.82, 2.24) is 9.78 Å². The van der Waals surface area contributed by atoms with Gasteiger partial charge in [0.05, 0.1) is 12.3 Å². The zero-order valence-electron chi connectivity index (χ0n) is 11.6. The van der Waals surface area contributed by atoms with Crippen molar-refractivity contribution in [2.75, 3.05) is 6.61 Å². The second-order valence-corrected chi connectivity index (χ2v) is 4.66. The molecule has 0 saturated heterocycles. The van der Waals surface area contributed by atoms with Crippen LogP contribution in [0, 0.1) is 19.7 Å². The van der Waals surface area contributed by atoms with Crippen LogP contribution in [0.5, 0.6) is 5.75 Å². The number of ether oxygens (including phenoxy) is 1. The Balaban J connectivity index is 1.86. The van der Waals surface area contributed by atoms with Gasteiger partial charge < -0.3 is 4.74 Å². The van der Waals surface area contributed by atoms with E-state index < -0.39 is 0 Å². The van der Waals surface area contributed by atoms with Crippen molar-refractivity contribution >= 4 is 0 Å². The van der Waals surface area contributed by atoms with Crippen molar-refractivity contribution in [2.45, 2.75) is 26.7 Å². The molecule has 0 atom stereocenters. The monoisotopic (exact) mass is 262 g/mol. The normalized spacial score (nSPS) is 10.7. The van der Waals surface area contributed by atoms with E-state index >= 15 is 0 Å². The summed E-state index contributed by atoms with van der Waals surface area (Å²) in [5.74, 6) is 0.0124. The fourth-order valence-electron chi connectivity index (χ4n) is 2.17. The van der Waals surface area contributed by atoms with Crippen LogP contribution < -0.4 is 4.74 Å². The van der Waals surface area contributed by atoms with Crippen LogP contribution >= 0.6 is 0 Å². The van der Waals surface area contributed by atoms with Gasteiger partial charge in [0.1, 0.15) is 0 Å². The third kappa shape index (κ3) is 3.13. The second kappa shape index (κ2) is 5.87. The number of hydrogen-bond acceptors (Lipinski definition) is 2. The molecule has 2 rings (SSSR count). The Morgan fingerprint density at radius 3 is 2.63 bits per heavy atom. The van der Waals surface area contributed by atoms with Crippen LogP contribution in [0.25, 0.3) is 0 Å². The van der Waals surface area contributed by atoms with Crippen LogP contribution in [0.3, 0.4) is 0 Å². The smallest absolute Gasteiger partial charge is 0.165 e. The molecule has 1 aromatic carbocycles. The van der Waals surface area contributed by atoms with E-state index in [0.717, 1.165) is 18.5 Å². The van der Waals surface area contributed by atoms with Crippen molar-refractivity contribution in [3.05, 3.63) is 47.0 Å². The second-order valence-electron chi connectivity index (χ2n) is 4.66. The average molecular weight is 262 g/mol. The van der Waals surface area contributed by atoms with E-state index in [1.54, 1.807) is 18.2 Å². The minimum atomic E-state index is -0.309. The van der Waals surface area contributed by atoms with Crippen LogP contribution in [0.4, 0.5) is 4.39 Å². The maximum atomic E-state index is 13.3. The van der Waals surface area contributed by atoms with Crippen LogP contribution in [0.1, 0.15) is 23.4 Å². The largest absolute Gasteiger partial charge is 0.491 e. The molecule has 3 nitrogen and oxygen atoms in total. The van der Waals surface area contributed by atoms with E-state index in [1.165, 1.54) is 17.3 Å². The molecule has 0 unspecified atom stereocenters. The molecule has 0 spiro atoms. The van der Waals surface area contributed by atoms with Crippen molar-refractivity contribution in [1.29, 1.82) is 0 Å². The molecule has 102 valence electrons. The zero-order valence-corrected chi connectivity index (χ0v) is 11.6. The molecular formula is C15H19FN2O. The lowest BCUT2D eigenvalue weighted by Crippen LogP contribution is -2.02. The van der Waals surface area contributed by atoms with Gasteiger partial charge in [-0.1, -0.05) is 12.1 Å². The highest BCUT2D eigenvalue weighted by atomic mass is 19.1. The summed E-state index contributed by atoms with van der Waals surface area (Å²) in [6.07, 6.45) is 1.75. The lowest BCUT2D eigenvalue weighted by atomic mass is 10.1. The molecule has 0 radical (unpaired) electrons. The van der Waals surface area contributed by atoms with Crippen molar-refractivity contribution in [2.24, 2.45) is 7.05 Å². The predicted molar refractivity (Wildman–Crippen MR) is 72.9 cm³/mol. The number of aromatic nitrogens is 2. The van der Waals surface area contributed by atoms with Gasteiger partial charge in [-0.15, -0.1) is 0 Å².